The van der Waals surface area contributed by atoms with Crippen LogP contribution in [0.2, 0.25) is 0 Å². The molecule has 0 aromatic heterocycles. The van der Waals surface area contributed by atoms with Crippen LogP contribution in [0.15, 0.2) is 24.3 Å². The summed E-state index contributed by atoms with van der Waals surface area (Å²) in [5, 5.41) is 23.0. The number of aliphatic hydroxyl groups excluding tert-OH is 2. The molecule has 0 aromatic rings. The first-order chi connectivity index (χ1) is 35.5. The summed E-state index contributed by atoms with van der Waals surface area (Å²) in [6.45, 7) is 4.91. The first kappa shape index (κ1) is 70.3. The highest BCUT2D eigenvalue weighted by molar-refractivity contribution is 5.76. The smallest absolute Gasteiger partial charge is 0.305 e. The molecule has 0 rings (SSSR count). The predicted molar refractivity (Wildman–Crippen MR) is 315 cm³/mol. The van der Waals surface area contributed by atoms with Gasteiger partial charge in [0.05, 0.1) is 25.4 Å². The number of hydrogen-bond acceptors (Lipinski definition) is 5. The van der Waals surface area contributed by atoms with Crippen molar-refractivity contribution >= 4 is 11.9 Å². The van der Waals surface area contributed by atoms with Crippen molar-refractivity contribution in [2.45, 2.75) is 373 Å². The third-order valence-electron chi connectivity index (χ3n) is 15.2. The van der Waals surface area contributed by atoms with E-state index in [4.69, 9.17) is 4.74 Å². The van der Waals surface area contributed by atoms with Crippen LogP contribution >= 0.6 is 0 Å². The number of carbonyl (C=O) groups is 2. The largest absolute Gasteiger partial charge is 0.466 e. The minimum atomic E-state index is -0.841. The number of carbonyl (C=O) groups excluding carboxylic acids is 2. The highest BCUT2D eigenvalue weighted by atomic mass is 16.5. The molecular formula is C66H127NO5. The van der Waals surface area contributed by atoms with Gasteiger partial charge in [0.25, 0.3) is 0 Å². The molecule has 0 aliphatic heterocycles. The number of hydrogen-bond donors (Lipinski definition) is 3. The van der Waals surface area contributed by atoms with Crippen molar-refractivity contribution in [3.05, 3.63) is 24.3 Å². The van der Waals surface area contributed by atoms with E-state index in [-0.39, 0.29) is 18.5 Å². The molecule has 0 radical (unpaired) electrons. The highest BCUT2D eigenvalue weighted by Gasteiger charge is 2.18. The van der Waals surface area contributed by atoms with E-state index >= 15 is 0 Å². The van der Waals surface area contributed by atoms with E-state index in [0.29, 0.717) is 19.4 Å². The van der Waals surface area contributed by atoms with Crippen LogP contribution in [-0.4, -0.2) is 47.4 Å². The summed E-state index contributed by atoms with van der Waals surface area (Å²) in [6, 6.07) is -0.624. The zero-order valence-electron chi connectivity index (χ0n) is 48.7. The van der Waals surface area contributed by atoms with Crippen molar-refractivity contribution in [2.24, 2.45) is 0 Å². The molecule has 0 saturated heterocycles. The minimum absolute atomic E-state index is 0.0143. The van der Waals surface area contributed by atoms with Gasteiger partial charge in [-0.1, -0.05) is 314 Å². The number of allylic oxidation sites excluding steroid dienone is 3. The number of nitrogens with one attached hydrogen (secondary N) is 1. The van der Waals surface area contributed by atoms with Crippen LogP contribution in [0, 0.1) is 0 Å². The molecule has 426 valence electrons. The summed E-state index contributed by atoms with van der Waals surface area (Å²) in [7, 11) is 0. The molecule has 0 bridgehead atoms. The van der Waals surface area contributed by atoms with Crippen LogP contribution in [0.4, 0.5) is 0 Å². The number of unbranched alkanes of at least 4 members (excludes halogenated alkanes) is 48. The lowest BCUT2D eigenvalue weighted by molar-refractivity contribution is -0.143. The van der Waals surface area contributed by atoms with Gasteiger partial charge in [-0.3, -0.25) is 9.59 Å². The molecule has 0 saturated carbocycles. The fourth-order valence-corrected chi connectivity index (χ4v) is 10.2. The molecule has 0 fully saturated rings. The van der Waals surface area contributed by atoms with E-state index in [1.807, 2.05) is 6.08 Å². The Labute approximate surface area is 450 Å². The van der Waals surface area contributed by atoms with Gasteiger partial charge in [0, 0.05) is 12.8 Å². The van der Waals surface area contributed by atoms with E-state index in [1.54, 1.807) is 6.08 Å². The number of amides is 1. The third-order valence-corrected chi connectivity index (χ3v) is 15.2. The Balaban J connectivity index is 3.33. The van der Waals surface area contributed by atoms with Crippen molar-refractivity contribution in [2.75, 3.05) is 13.2 Å². The Hall–Kier alpha value is -1.66. The normalized spacial score (nSPS) is 12.7. The molecule has 0 aliphatic carbocycles. The summed E-state index contributed by atoms with van der Waals surface area (Å²) < 4.78 is 5.50. The number of rotatable bonds is 61. The van der Waals surface area contributed by atoms with E-state index in [2.05, 4.69) is 31.3 Å². The molecule has 6 nitrogen and oxygen atoms in total. The van der Waals surface area contributed by atoms with Gasteiger partial charge < -0.3 is 20.3 Å². The fourth-order valence-electron chi connectivity index (χ4n) is 10.2. The van der Waals surface area contributed by atoms with Gasteiger partial charge in [0.2, 0.25) is 5.91 Å². The van der Waals surface area contributed by atoms with E-state index < -0.39 is 12.1 Å². The van der Waals surface area contributed by atoms with Crippen LogP contribution in [0.25, 0.3) is 0 Å². The summed E-state index contributed by atoms with van der Waals surface area (Å²) >= 11 is 0. The maximum atomic E-state index is 12.4. The molecule has 2 unspecified atom stereocenters. The maximum Gasteiger partial charge on any atom is 0.305 e. The van der Waals surface area contributed by atoms with E-state index in [9.17, 15) is 19.8 Å². The summed E-state index contributed by atoms with van der Waals surface area (Å²) in [6.07, 6.45) is 76.7. The Morgan fingerprint density at radius 1 is 0.375 bits per heavy atom. The van der Waals surface area contributed by atoms with Gasteiger partial charge in [-0.05, 0) is 57.8 Å². The average Bonchev–Trinajstić information content (AvgIpc) is 3.38. The maximum absolute atomic E-state index is 12.4. The predicted octanol–water partition coefficient (Wildman–Crippen LogP) is 20.6. The molecule has 3 N–H and O–H groups in total. The van der Waals surface area contributed by atoms with Crippen LogP contribution in [0.3, 0.4) is 0 Å². The fraction of sp³-hybridized carbons (Fsp3) is 0.909. The van der Waals surface area contributed by atoms with Crippen molar-refractivity contribution in [3.63, 3.8) is 0 Å². The first-order valence-corrected chi connectivity index (χ1v) is 32.6. The SMILES string of the molecule is CCCCCCCCC/C=C\CCCCCCCCCC(=O)OCCCCCCCCCCCCCCCCCCCCCCCCCCCCC(=O)NC(CO)C(O)/C=C/CCCCCCCCCCC. The van der Waals surface area contributed by atoms with Crippen molar-refractivity contribution in [1.82, 2.24) is 5.32 Å². The second kappa shape index (κ2) is 61.9. The first-order valence-electron chi connectivity index (χ1n) is 32.6. The lowest BCUT2D eigenvalue weighted by atomic mass is 10.0. The summed E-state index contributed by atoms with van der Waals surface area (Å²) in [5.41, 5.74) is 0. The lowest BCUT2D eigenvalue weighted by Gasteiger charge is -2.20. The molecule has 0 spiro atoms. The topological polar surface area (TPSA) is 95.9 Å². The quantitative estimate of drug-likeness (QED) is 0.0320. The van der Waals surface area contributed by atoms with Gasteiger partial charge in [-0.15, -0.1) is 0 Å². The minimum Gasteiger partial charge on any atom is -0.466 e. The van der Waals surface area contributed by atoms with Gasteiger partial charge in [-0.2, -0.15) is 0 Å². The van der Waals surface area contributed by atoms with Gasteiger partial charge in [-0.25, -0.2) is 0 Å². The Morgan fingerprint density at radius 3 is 0.986 bits per heavy atom. The molecule has 0 heterocycles. The summed E-state index contributed by atoms with van der Waals surface area (Å²) in [4.78, 5) is 24.5. The molecular weight excluding hydrogens is 887 g/mol. The van der Waals surface area contributed by atoms with Crippen LogP contribution < -0.4 is 5.32 Å². The van der Waals surface area contributed by atoms with Gasteiger partial charge in [0.15, 0.2) is 0 Å². The average molecular weight is 1010 g/mol. The van der Waals surface area contributed by atoms with Crippen molar-refractivity contribution in [1.29, 1.82) is 0 Å². The van der Waals surface area contributed by atoms with Crippen LogP contribution in [-0.2, 0) is 14.3 Å². The third kappa shape index (κ3) is 57.6. The van der Waals surface area contributed by atoms with E-state index in [0.717, 1.165) is 44.9 Å². The molecule has 2 atom stereocenters. The molecule has 72 heavy (non-hydrogen) atoms. The second-order valence-corrected chi connectivity index (χ2v) is 22.5. The Morgan fingerprint density at radius 2 is 0.653 bits per heavy atom. The zero-order chi connectivity index (χ0) is 52.2. The van der Waals surface area contributed by atoms with Gasteiger partial charge in [0.1, 0.15) is 0 Å². The van der Waals surface area contributed by atoms with E-state index in [1.165, 1.54) is 289 Å². The van der Waals surface area contributed by atoms with Gasteiger partial charge >= 0.3 is 5.97 Å². The van der Waals surface area contributed by atoms with Crippen LogP contribution in [0.5, 0.6) is 0 Å². The molecule has 0 aliphatic rings. The highest BCUT2D eigenvalue weighted by Crippen LogP contribution is 2.18. The zero-order valence-corrected chi connectivity index (χ0v) is 48.7. The molecule has 0 aromatic carbocycles. The van der Waals surface area contributed by atoms with Crippen LogP contribution in [0.1, 0.15) is 361 Å². The monoisotopic (exact) mass is 1010 g/mol. The summed E-state index contributed by atoms with van der Waals surface area (Å²) in [5.74, 6) is -0.0515. The van der Waals surface area contributed by atoms with Crippen molar-refractivity contribution < 1.29 is 24.5 Å². The molecule has 1 amide bonds. The lowest BCUT2D eigenvalue weighted by Crippen LogP contribution is -2.45. The molecule has 6 heteroatoms. The number of ether oxygens (including phenoxy) is 1. The Kier molecular flexibility index (Phi) is 60.5. The van der Waals surface area contributed by atoms with Crippen molar-refractivity contribution in [3.8, 4) is 0 Å². The number of aliphatic hydroxyl groups is 2. The Bertz CT molecular complexity index is 1120. The second-order valence-electron chi connectivity index (χ2n) is 22.5. The standard InChI is InChI=1S/C66H127NO5/c1-3-5-7-9-11-13-15-16-17-18-30-33-36-40-44-48-52-56-60-66(71)72-61-57-53-49-45-41-37-34-31-28-26-24-22-20-19-21-23-25-27-29-32-35-39-43-47-51-55-59-65(70)67-63(62-68)64(69)58-54-50-46-42-38-14-12-10-8-6-4-2/h17-18,54,58,63-64,68-69H,3-16,19-53,55-57,59-62H2,1-2H3,(H,67,70)/b18-17-,58-54+. The number of esters is 1.